The van der Waals surface area contributed by atoms with Crippen molar-refractivity contribution >= 4 is 21.9 Å². The highest BCUT2D eigenvalue weighted by atomic mass is 79.9. The Bertz CT molecular complexity index is 650. The van der Waals surface area contributed by atoms with Gasteiger partial charge >= 0.3 is 5.97 Å². The molecule has 0 saturated heterocycles. The Morgan fingerprint density at radius 1 is 1.15 bits per heavy atom. The van der Waals surface area contributed by atoms with Crippen molar-refractivity contribution in [2.45, 2.75) is 20.5 Å². The molecule has 0 saturated carbocycles. The summed E-state index contributed by atoms with van der Waals surface area (Å²) >= 11 is 3.32. The van der Waals surface area contributed by atoms with Gasteiger partial charge in [-0.15, -0.1) is 0 Å². The van der Waals surface area contributed by atoms with Crippen LogP contribution in [0.1, 0.15) is 27.0 Å². The molecule has 3 nitrogen and oxygen atoms in total. The van der Waals surface area contributed by atoms with E-state index in [4.69, 9.17) is 9.84 Å². The Hall–Kier alpha value is -1.81. The number of aryl methyl sites for hydroxylation is 2. The van der Waals surface area contributed by atoms with Gasteiger partial charge in [-0.1, -0.05) is 34.1 Å². The zero-order valence-corrected chi connectivity index (χ0v) is 12.9. The highest BCUT2D eigenvalue weighted by Crippen LogP contribution is 2.25. The van der Waals surface area contributed by atoms with Crippen LogP contribution in [-0.2, 0) is 6.61 Å². The maximum absolute atomic E-state index is 11.1. The molecule has 0 bridgehead atoms. The molecule has 0 aliphatic carbocycles. The summed E-state index contributed by atoms with van der Waals surface area (Å²) in [7, 11) is 0. The molecule has 1 N–H and O–H groups in total. The summed E-state index contributed by atoms with van der Waals surface area (Å²) in [5, 5.41) is 9.14. The van der Waals surface area contributed by atoms with Crippen molar-refractivity contribution in [3.8, 4) is 5.75 Å². The molecule has 104 valence electrons. The third kappa shape index (κ3) is 3.39. The normalized spacial score (nSPS) is 10.3. The molecule has 2 aromatic carbocycles. The second kappa shape index (κ2) is 6.09. The molecule has 0 fully saturated rings. The second-order valence-corrected chi connectivity index (χ2v) is 5.57. The molecule has 0 aromatic heterocycles. The van der Waals surface area contributed by atoms with Crippen molar-refractivity contribution in [1.29, 1.82) is 0 Å². The van der Waals surface area contributed by atoms with Crippen LogP contribution in [0.5, 0.6) is 5.75 Å². The summed E-state index contributed by atoms with van der Waals surface area (Å²) in [4.78, 5) is 11.1. The Morgan fingerprint density at radius 3 is 2.55 bits per heavy atom. The van der Waals surface area contributed by atoms with E-state index in [0.717, 1.165) is 10.0 Å². The molecule has 0 amide bonds. The molecular formula is C16H15BrO3. The fraction of sp³-hybridized carbons (Fsp3) is 0.188. The number of benzene rings is 2. The Kier molecular flexibility index (Phi) is 4.45. The van der Waals surface area contributed by atoms with Crippen LogP contribution >= 0.6 is 15.9 Å². The lowest BCUT2D eigenvalue weighted by molar-refractivity contribution is 0.0691. The lowest BCUT2D eigenvalue weighted by atomic mass is 10.1. The van der Waals surface area contributed by atoms with Crippen LogP contribution in [-0.4, -0.2) is 11.1 Å². The number of aromatic carboxylic acids is 1. The average molecular weight is 335 g/mol. The molecule has 0 aliphatic rings. The molecule has 0 heterocycles. The summed E-state index contributed by atoms with van der Waals surface area (Å²) in [5.41, 5.74) is 3.60. The minimum atomic E-state index is -0.993. The molecule has 0 aliphatic heterocycles. The second-order valence-electron chi connectivity index (χ2n) is 4.65. The molecule has 0 unspecified atom stereocenters. The van der Waals surface area contributed by atoms with Crippen molar-refractivity contribution in [3.05, 3.63) is 63.1 Å². The van der Waals surface area contributed by atoms with Crippen molar-refractivity contribution < 1.29 is 14.6 Å². The molecule has 20 heavy (non-hydrogen) atoms. The van der Waals surface area contributed by atoms with E-state index in [1.54, 1.807) is 12.1 Å². The highest BCUT2D eigenvalue weighted by molar-refractivity contribution is 9.10. The molecule has 4 heteroatoms. The standard InChI is InChI=1S/C16H15BrO3/c1-10-3-4-12(7-11(10)2)9-20-15-8-13(17)5-6-14(15)16(18)19/h3-8H,9H2,1-2H3,(H,18,19). The zero-order valence-electron chi connectivity index (χ0n) is 11.3. The molecule has 2 rings (SSSR count). The predicted molar refractivity (Wildman–Crippen MR) is 81.3 cm³/mol. The van der Waals surface area contributed by atoms with E-state index in [-0.39, 0.29) is 5.56 Å². The Morgan fingerprint density at radius 2 is 1.90 bits per heavy atom. The summed E-state index contributed by atoms with van der Waals surface area (Å²) < 4.78 is 6.44. The summed E-state index contributed by atoms with van der Waals surface area (Å²) in [6.45, 7) is 4.44. The lowest BCUT2D eigenvalue weighted by Gasteiger charge is -2.11. The fourth-order valence-electron chi connectivity index (χ4n) is 1.85. The van der Waals surface area contributed by atoms with E-state index in [1.165, 1.54) is 17.2 Å². The van der Waals surface area contributed by atoms with Crippen LogP contribution < -0.4 is 4.74 Å². The van der Waals surface area contributed by atoms with Crippen molar-refractivity contribution in [2.24, 2.45) is 0 Å². The van der Waals surface area contributed by atoms with Gasteiger partial charge < -0.3 is 9.84 Å². The first-order chi connectivity index (χ1) is 9.47. The fourth-order valence-corrected chi connectivity index (χ4v) is 2.19. The molecular weight excluding hydrogens is 320 g/mol. The predicted octanol–water partition coefficient (Wildman–Crippen LogP) is 4.34. The highest BCUT2D eigenvalue weighted by Gasteiger charge is 2.11. The quantitative estimate of drug-likeness (QED) is 0.904. The van der Waals surface area contributed by atoms with Crippen LogP contribution in [0.3, 0.4) is 0 Å². The van der Waals surface area contributed by atoms with Crippen LogP contribution in [0.15, 0.2) is 40.9 Å². The van der Waals surface area contributed by atoms with Crippen molar-refractivity contribution in [2.75, 3.05) is 0 Å². The van der Waals surface area contributed by atoms with Crippen LogP contribution in [0.25, 0.3) is 0 Å². The van der Waals surface area contributed by atoms with E-state index >= 15 is 0 Å². The number of carboxylic acids is 1. The number of hydrogen-bond donors (Lipinski definition) is 1. The number of carboxylic acid groups (broad SMARTS) is 1. The van der Waals surface area contributed by atoms with Gasteiger partial charge in [0.1, 0.15) is 17.9 Å². The molecule has 0 spiro atoms. The van der Waals surface area contributed by atoms with Crippen molar-refractivity contribution in [1.82, 2.24) is 0 Å². The monoisotopic (exact) mass is 334 g/mol. The number of halogens is 1. The topological polar surface area (TPSA) is 46.5 Å². The van der Waals surface area contributed by atoms with Gasteiger partial charge in [-0.05, 0) is 48.7 Å². The van der Waals surface area contributed by atoms with Crippen LogP contribution in [0.4, 0.5) is 0 Å². The molecule has 0 radical (unpaired) electrons. The average Bonchev–Trinajstić information content (AvgIpc) is 2.40. The maximum Gasteiger partial charge on any atom is 0.339 e. The lowest BCUT2D eigenvalue weighted by Crippen LogP contribution is -2.03. The third-order valence-corrected chi connectivity index (χ3v) is 3.63. The molecule has 2 aromatic rings. The van der Waals surface area contributed by atoms with Crippen molar-refractivity contribution in [3.63, 3.8) is 0 Å². The van der Waals surface area contributed by atoms with Gasteiger partial charge in [0.2, 0.25) is 0 Å². The smallest absolute Gasteiger partial charge is 0.339 e. The van der Waals surface area contributed by atoms with E-state index in [1.807, 2.05) is 25.1 Å². The first-order valence-corrected chi connectivity index (χ1v) is 6.98. The van der Waals surface area contributed by atoms with Gasteiger partial charge in [-0.2, -0.15) is 0 Å². The molecule has 0 atom stereocenters. The SMILES string of the molecule is Cc1ccc(COc2cc(Br)ccc2C(=O)O)cc1C. The number of carbonyl (C=O) groups is 1. The van der Waals surface area contributed by atoms with Gasteiger partial charge in [0.25, 0.3) is 0 Å². The largest absolute Gasteiger partial charge is 0.488 e. The van der Waals surface area contributed by atoms with E-state index in [2.05, 4.69) is 22.9 Å². The number of ether oxygens (including phenoxy) is 1. The minimum Gasteiger partial charge on any atom is -0.488 e. The first-order valence-electron chi connectivity index (χ1n) is 6.19. The van der Waals surface area contributed by atoms with Gasteiger partial charge in [-0.3, -0.25) is 0 Å². The Labute approximate surface area is 126 Å². The first kappa shape index (κ1) is 14.6. The number of hydrogen-bond acceptors (Lipinski definition) is 2. The van der Waals surface area contributed by atoms with Gasteiger partial charge in [-0.25, -0.2) is 4.79 Å². The number of rotatable bonds is 4. The minimum absolute atomic E-state index is 0.164. The zero-order chi connectivity index (χ0) is 14.7. The van der Waals surface area contributed by atoms with Gasteiger partial charge in [0, 0.05) is 4.47 Å². The van der Waals surface area contributed by atoms with E-state index in [0.29, 0.717) is 12.4 Å². The van der Waals surface area contributed by atoms with Gasteiger partial charge in [0.05, 0.1) is 0 Å². The van der Waals surface area contributed by atoms with E-state index in [9.17, 15) is 4.79 Å². The third-order valence-electron chi connectivity index (χ3n) is 3.14. The summed E-state index contributed by atoms with van der Waals surface area (Å²) in [5.74, 6) is -0.627. The van der Waals surface area contributed by atoms with Crippen LogP contribution in [0, 0.1) is 13.8 Å². The summed E-state index contributed by atoms with van der Waals surface area (Å²) in [6, 6.07) is 11.0. The maximum atomic E-state index is 11.1. The van der Waals surface area contributed by atoms with Crippen LogP contribution in [0.2, 0.25) is 0 Å². The van der Waals surface area contributed by atoms with Gasteiger partial charge in [0.15, 0.2) is 0 Å². The summed E-state index contributed by atoms with van der Waals surface area (Å²) in [6.07, 6.45) is 0. The van der Waals surface area contributed by atoms with E-state index < -0.39 is 5.97 Å². The Balaban J connectivity index is 2.20.